The predicted molar refractivity (Wildman–Crippen MR) is 132 cm³/mol. The van der Waals surface area contributed by atoms with Crippen LogP contribution in [-0.2, 0) is 10.0 Å². The van der Waals surface area contributed by atoms with Gasteiger partial charge in [-0.1, -0.05) is 18.2 Å². The maximum absolute atomic E-state index is 14.5. The highest BCUT2D eigenvalue weighted by Crippen LogP contribution is 2.41. The van der Waals surface area contributed by atoms with E-state index in [9.17, 15) is 22.0 Å². The molecule has 1 aliphatic rings. The van der Waals surface area contributed by atoms with Gasteiger partial charge in [-0.05, 0) is 66.9 Å². The van der Waals surface area contributed by atoms with Crippen LogP contribution in [0, 0.1) is 18.6 Å². The Morgan fingerprint density at radius 3 is 2.70 bits per heavy atom. The molecule has 1 aromatic heterocycles. The zero-order chi connectivity index (χ0) is 26.2. The number of ether oxygens (including phenoxy) is 1. The van der Waals surface area contributed by atoms with Crippen molar-refractivity contribution in [2.45, 2.75) is 30.8 Å². The molecule has 4 aromatic rings. The second kappa shape index (κ2) is 9.78. The van der Waals surface area contributed by atoms with Crippen LogP contribution in [0.15, 0.2) is 82.6 Å². The Bertz CT molecular complexity index is 1570. The van der Waals surface area contributed by atoms with Crippen molar-refractivity contribution in [3.63, 3.8) is 0 Å². The van der Waals surface area contributed by atoms with E-state index in [1.165, 1.54) is 34.8 Å². The molecule has 1 aliphatic heterocycles. The van der Waals surface area contributed by atoms with Crippen molar-refractivity contribution in [2.24, 2.45) is 0 Å². The number of halogens is 2. The fourth-order valence-corrected chi connectivity index (χ4v) is 5.85. The van der Waals surface area contributed by atoms with E-state index in [1.807, 2.05) is 0 Å². The molecular formula is C27H22F2N2O5S. The highest BCUT2D eigenvalue weighted by atomic mass is 32.2. The molecule has 10 heteroatoms. The van der Waals surface area contributed by atoms with Gasteiger partial charge in [0.1, 0.15) is 35.4 Å². The van der Waals surface area contributed by atoms with Crippen molar-refractivity contribution in [3.05, 3.63) is 96.2 Å². The van der Waals surface area contributed by atoms with Gasteiger partial charge in [-0.25, -0.2) is 22.2 Å². The number of aryl methyl sites for hydroxylation is 1. The van der Waals surface area contributed by atoms with Crippen LogP contribution in [0.2, 0.25) is 0 Å². The first-order chi connectivity index (χ1) is 17.7. The highest BCUT2D eigenvalue weighted by molar-refractivity contribution is 7.92. The van der Waals surface area contributed by atoms with Crippen molar-refractivity contribution in [1.82, 2.24) is 4.98 Å². The standard InChI is InChI=1S/C27H22F2N2O5S/c1-17-3-2-4-21(11-17)37(33,34)31-14-20(7-9-26(32)24-15-35-16-30-24)36-27-10-5-18(12-25(27)31)22-13-19(28)6-8-23(22)29/h2-6,8,10-13,15-16,20H,7,9,14H2,1H3/t20-/m0/s1. The Labute approximate surface area is 212 Å². The number of carbonyl (C=O) groups is 1. The zero-order valence-corrected chi connectivity index (χ0v) is 20.5. The normalized spacial score (nSPS) is 15.2. The Morgan fingerprint density at radius 1 is 1.11 bits per heavy atom. The number of Topliss-reactive ketones (excluding diaryl/α,β-unsaturated/α-hetero) is 1. The maximum atomic E-state index is 14.5. The third-order valence-electron chi connectivity index (χ3n) is 6.12. The van der Waals surface area contributed by atoms with Gasteiger partial charge in [-0.2, -0.15) is 0 Å². The SMILES string of the molecule is Cc1cccc(S(=O)(=O)N2C[C@H](CCC(=O)c3cocn3)Oc3ccc(-c4cc(F)ccc4F)cc32)c1. The summed E-state index contributed by atoms with van der Waals surface area (Å²) in [6, 6.07) is 14.1. The number of hydrogen-bond donors (Lipinski definition) is 0. The Hall–Kier alpha value is -4.05. The van der Waals surface area contributed by atoms with Crippen LogP contribution in [0.1, 0.15) is 28.9 Å². The van der Waals surface area contributed by atoms with Gasteiger partial charge < -0.3 is 9.15 Å². The second-order valence-corrected chi connectivity index (χ2v) is 10.6. The van der Waals surface area contributed by atoms with E-state index in [4.69, 9.17) is 9.15 Å². The summed E-state index contributed by atoms with van der Waals surface area (Å²) < 4.78 is 68.1. The molecule has 0 spiro atoms. The molecule has 0 unspecified atom stereocenters. The van der Waals surface area contributed by atoms with Crippen LogP contribution < -0.4 is 9.04 Å². The van der Waals surface area contributed by atoms with E-state index in [2.05, 4.69) is 4.98 Å². The van der Waals surface area contributed by atoms with E-state index in [1.54, 1.807) is 25.1 Å². The number of oxazole rings is 1. The summed E-state index contributed by atoms with van der Waals surface area (Å²) in [5.41, 5.74) is 1.43. The van der Waals surface area contributed by atoms with Crippen molar-refractivity contribution in [1.29, 1.82) is 0 Å². The fraction of sp³-hybridized carbons (Fsp3) is 0.185. The molecule has 0 bridgehead atoms. The molecule has 0 saturated carbocycles. The molecule has 7 nitrogen and oxygen atoms in total. The van der Waals surface area contributed by atoms with Crippen LogP contribution in [0.5, 0.6) is 5.75 Å². The van der Waals surface area contributed by atoms with Gasteiger partial charge in [-0.3, -0.25) is 9.10 Å². The number of fused-ring (bicyclic) bond motifs is 1. The van der Waals surface area contributed by atoms with E-state index < -0.39 is 27.8 Å². The average molecular weight is 525 g/mol. The molecule has 2 heterocycles. The Kier molecular flexibility index (Phi) is 6.51. The smallest absolute Gasteiger partial charge is 0.264 e. The first-order valence-corrected chi connectivity index (χ1v) is 12.9. The van der Waals surface area contributed by atoms with E-state index in [0.717, 1.165) is 30.2 Å². The predicted octanol–water partition coefficient (Wildman–Crippen LogP) is 5.55. The molecule has 0 aliphatic carbocycles. The molecule has 0 saturated heterocycles. The van der Waals surface area contributed by atoms with Gasteiger partial charge in [0.05, 0.1) is 17.1 Å². The summed E-state index contributed by atoms with van der Waals surface area (Å²) >= 11 is 0. The number of ketones is 1. The molecule has 37 heavy (non-hydrogen) atoms. The molecular weight excluding hydrogens is 502 g/mol. The van der Waals surface area contributed by atoms with Gasteiger partial charge >= 0.3 is 0 Å². The quantitative estimate of drug-likeness (QED) is 0.295. The lowest BCUT2D eigenvalue weighted by Crippen LogP contribution is -2.43. The highest BCUT2D eigenvalue weighted by Gasteiger charge is 2.35. The van der Waals surface area contributed by atoms with Crippen molar-refractivity contribution in [2.75, 3.05) is 10.8 Å². The molecule has 190 valence electrons. The molecule has 3 aromatic carbocycles. The number of aromatic nitrogens is 1. The number of nitrogens with zero attached hydrogens (tertiary/aromatic N) is 2. The third-order valence-corrected chi connectivity index (χ3v) is 7.89. The Morgan fingerprint density at radius 2 is 1.95 bits per heavy atom. The number of hydrogen-bond acceptors (Lipinski definition) is 6. The van der Waals surface area contributed by atoms with Crippen LogP contribution in [-0.4, -0.2) is 31.8 Å². The molecule has 0 N–H and O–H groups in total. The van der Waals surface area contributed by atoms with Gasteiger partial charge in [0, 0.05) is 12.0 Å². The van der Waals surface area contributed by atoms with Crippen LogP contribution in [0.4, 0.5) is 14.5 Å². The lowest BCUT2D eigenvalue weighted by atomic mass is 10.0. The molecule has 1 atom stereocenters. The zero-order valence-electron chi connectivity index (χ0n) is 19.7. The summed E-state index contributed by atoms with van der Waals surface area (Å²) in [5.74, 6) is -1.27. The van der Waals surface area contributed by atoms with Gasteiger partial charge in [0.15, 0.2) is 12.2 Å². The second-order valence-electron chi connectivity index (χ2n) is 8.73. The van der Waals surface area contributed by atoms with E-state index in [0.29, 0.717) is 5.56 Å². The first-order valence-electron chi connectivity index (χ1n) is 11.5. The summed E-state index contributed by atoms with van der Waals surface area (Å²) in [4.78, 5) is 16.3. The van der Waals surface area contributed by atoms with Crippen LogP contribution >= 0.6 is 0 Å². The lowest BCUT2D eigenvalue weighted by molar-refractivity contribution is 0.0948. The molecule has 5 rings (SSSR count). The van der Waals surface area contributed by atoms with E-state index >= 15 is 0 Å². The van der Waals surface area contributed by atoms with Crippen LogP contribution in [0.3, 0.4) is 0 Å². The number of benzene rings is 3. The van der Waals surface area contributed by atoms with Gasteiger partial charge in [0.25, 0.3) is 10.0 Å². The molecule has 0 fully saturated rings. The number of anilines is 1. The summed E-state index contributed by atoms with van der Waals surface area (Å²) in [6.07, 6.45) is 2.07. The minimum atomic E-state index is -4.06. The summed E-state index contributed by atoms with van der Waals surface area (Å²) in [5, 5.41) is 0. The van der Waals surface area contributed by atoms with Crippen molar-refractivity contribution >= 4 is 21.5 Å². The number of sulfonamides is 1. The number of rotatable bonds is 7. The van der Waals surface area contributed by atoms with Crippen LogP contribution in [0.25, 0.3) is 11.1 Å². The number of carbonyl (C=O) groups excluding carboxylic acids is 1. The fourth-order valence-electron chi connectivity index (χ4n) is 4.25. The molecule has 0 radical (unpaired) electrons. The summed E-state index contributed by atoms with van der Waals surface area (Å²) in [6.45, 7) is 1.71. The maximum Gasteiger partial charge on any atom is 0.264 e. The average Bonchev–Trinajstić information content (AvgIpc) is 3.43. The van der Waals surface area contributed by atoms with E-state index in [-0.39, 0.29) is 52.8 Å². The minimum absolute atomic E-state index is 0.00367. The Balaban J connectivity index is 1.53. The molecule has 0 amide bonds. The summed E-state index contributed by atoms with van der Waals surface area (Å²) in [7, 11) is -4.06. The third kappa shape index (κ3) is 4.97. The monoisotopic (exact) mass is 524 g/mol. The topological polar surface area (TPSA) is 89.7 Å². The van der Waals surface area contributed by atoms with Crippen molar-refractivity contribution in [3.8, 4) is 16.9 Å². The largest absolute Gasteiger partial charge is 0.486 e. The van der Waals surface area contributed by atoms with Crippen molar-refractivity contribution < 1.29 is 31.1 Å². The lowest BCUT2D eigenvalue weighted by Gasteiger charge is -2.36. The van der Waals surface area contributed by atoms with Gasteiger partial charge in [0.2, 0.25) is 0 Å². The van der Waals surface area contributed by atoms with Gasteiger partial charge in [-0.15, -0.1) is 0 Å². The minimum Gasteiger partial charge on any atom is -0.486 e. The first kappa shape index (κ1) is 24.6.